The van der Waals surface area contributed by atoms with Crippen LogP contribution < -0.4 is 9.47 Å². The molecule has 2 rings (SSSR count). The lowest BCUT2D eigenvalue weighted by atomic mass is 10.0. The van der Waals surface area contributed by atoms with Crippen molar-refractivity contribution in [1.82, 2.24) is 4.90 Å². The molecule has 0 spiro atoms. The average Bonchev–Trinajstić information content (AvgIpc) is 3.23. The summed E-state index contributed by atoms with van der Waals surface area (Å²) in [7, 11) is 4.95. The highest BCUT2D eigenvalue weighted by Crippen LogP contribution is 2.37. The first-order valence-electron chi connectivity index (χ1n) is 6.25. The molecule has 0 aromatic heterocycles. The molecule has 0 aliphatic heterocycles. The minimum absolute atomic E-state index is 0.355. The Morgan fingerprint density at radius 1 is 1.37 bits per heavy atom. The van der Waals surface area contributed by atoms with Crippen LogP contribution in [-0.4, -0.2) is 43.3 Å². The Hall–Kier alpha value is -1.75. The van der Waals surface area contributed by atoms with Gasteiger partial charge in [0.05, 0.1) is 14.2 Å². The number of nitrogens with zero attached hydrogens (tertiary/aromatic N) is 1. The van der Waals surface area contributed by atoms with Gasteiger partial charge in [0.2, 0.25) is 0 Å². The Kier molecular flexibility index (Phi) is 3.95. The molecule has 1 atom stereocenters. The molecule has 104 valence electrons. The minimum Gasteiger partial charge on any atom is -0.497 e. The molecule has 5 heteroatoms. The maximum Gasteiger partial charge on any atom is 0.325 e. The summed E-state index contributed by atoms with van der Waals surface area (Å²) in [6.45, 7) is 0. The molecule has 0 saturated heterocycles. The van der Waals surface area contributed by atoms with Crippen LogP contribution in [0.15, 0.2) is 18.2 Å². The van der Waals surface area contributed by atoms with Gasteiger partial charge in [0.1, 0.15) is 17.5 Å². The number of methoxy groups -OCH3 is 2. The summed E-state index contributed by atoms with van der Waals surface area (Å²) < 4.78 is 10.4. The van der Waals surface area contributed by atoms with Gasteiger partial charge in [-0.25, -0.2) is 0 Å². The van der Waals surface area contributed by atoms with Crippen molar-refractivity contribution in [3.05, 3.63) is 23.8 Å². The fraction of sp³-hybridized carbons (Fsp3) is 0.500. The van der Waals surface area contributed by atoms with E-state index in [9.17, 15) is 9.90 Å². The zero-order valence-electron chi connectivity index (χ0n) is 11.4. The molecule has 5 nitrogen and oxygen atoms in total. The van der Waals surface area contributed by atoms with Crippen molar-refractivity contribution < 1.29 is 19.4 Å². The van der Waals surface area contributed by atoms with Gasteiger partial charge in [-0.2, -0.15) is 0 Å². The van der Waals surface area contributed by atoms with Crippen molar-refractivity contribution in [1.29, 1.82) is 0 Å². The van der Waals surface area contributed by atoms with Gasteiger partial charge in [0, 0.05) is 17.7 Å². The third-order valence-corrected chi connectivity index (χ3v) is 3.50. The normalized spacial score (nSPS) is 16.2. The molecule has 1 N–H and O–H groups in total. The third-order valence-electron chi connectivity index (χ3n) is 3.50. The summed E-state index contributed by atoms with van der Waals surface area (Å²) >= 11 is 0. The molecule has 1 saturated carbocycles. The number of carboxylic acids is 1. The summed E-state index contributed by atoms with van der Waals surface area (Å²) in [6.07, 6.45) is 2.11. The molecule has 1 unspecified atom stereocenters. The first kappa shape index (κ1) is 13.7. The van der Waals surface area contributed by atoms with Crippen molar-refractivity contribution >= 4 is 5.97 Å². The molecule has 1 fully saturated rings. The second kappa shape index (κ2) is 5.48. The van der Waals surface area contributed by atoms with Crippen LogP contribution in [0.2, 0.25) is 0 Å². The van der Waals surface area contributed by atoms with Gasteiger partial charge in [0.15, 0.2) is 0 Å². The Bertz CT molecular complexity index is 471. The highest BCUT2D eigenvalue weighted by atomic mass is 16.5. The van der Waals surface area contributed by atoms with Crippen molar-refractivity contribution in [2.75, 3.05) is 21.3 Å². The quantitative estimate of drug-likeness (QED) is 0.851. The molecule has 19 heavy (non-hydrogen) atoms. The zero-order valence-corrected chi connectivity index (χ0v) is 11.4. The number of carbonyl (C=O) groups is 1. The zero-order chi connectivity index (χ0) is 14.0. The number of rotatable bonds is 6. The Morgan fingerprint density at radius 3 is 2.53 bits per heavy atom. The van der Waals surface area contributed by atoms with E-state index in [2.05, 4.69) is 0 Å². The maximum atomic E-state index is 11.6. The standard InChI is InChI=1S/C14H19NO4/c1-15(9-4-5-9)13(14(16)17)11-7-6-10(18-2)8-12(11)19-3/h6-9,13H,4-5H2,1-3H3,(H,16,17). The highest BCUT2D eigenvalue weighted by molar-refractivity contribution is 5.77. The predicted molar refractivity (Wildman–Crippen MR) is 70.7 cm³/mol. The molecular formula is C14H19NO4. The smallest absolute Gasteiger partial charge is 0.325 e. The molecule has 1 aliphatic rings. The van der Waals surface area contributed by atoms with E-state index >= 15 is 0 Å². The summed E-state index contributed by atoms with van der Waals surface area (Å²) in [4.78, 5) is 13.5. The van der Waals surface area contributed by atoms with Crippen LogP contribution in [0.4, 0.5) is 0 Å². The maximum absolute atomic E-state index is 11.6. The lowest BCUT2D eigenvalue weighted by Gasteiger charge is -2.26. The SMILES string of the molecule is COc1ccc(C(C(=O)O)N(C)C2CC2)c(OC)c1. The van der Waals surface area contributed by atoms with Crippen LogP contribution in [-0.2, 0) is 4.79 Å². The van der Waals surface area contributed by atoms with Gasteiger partial charge in [-0.3, -0.25) is 9.69 Å². The molecule has 0 radical (unpaired) electrons. The highest BCUT2D eigenvalue weighted by Gasteiger charge is 2.37. The molecular weight excluding hydrogens is 246 g/mol. The Morgan fingerprint density at radius 2 is 2.05 bits per heavy atom. The van der Waals surface area contributed by atoms with E-state index in [1.165, 1.54) is 7.11 Å². The Labute approximate surface area is 112 Å². The number of hydrogen-bond acceptors (Lipinski definition) is 4. The topological polar surface area (TPSA) is 59.0 Å². The van der Waals surface area contributed by atoms with Crippen LogP contribution >= 0.6 is 0 Å². The molecule has 0 heterocycles. The van der Waals surface area contributed by atoms with E-state index in [4.69, 9.17) is 9.47 Å². The number of ether oxygens (including phenoxy) is 2. The van der Waals surface area contributed by atoms with Crippen molar-refractivity contribution in [3.63, 3.8) is 0 Å². The first-order chi connectivity index (χ1) is 9.08. The van der Waals surface area contributed by atoms with Crippen LogP contribution in [0.5, 0.6) is 11.5 Å². The van der Waals surface area contributed by atoms with E-state index in [-0.39, 0.29) is 0 Å². The van der Waals surface area contributed by atoms with Gasteiger partial charge < -0.3 is 14.6 Å². The third kappa shape index (κ3) is 2.81. The van der Waals surface area contributed by atoms with E-state index < -0.39 is 12.0 Å². The summed E-state index contributed by atoms with van der Waals surface area (Å²) in [5.74, 6) is 0.330. The average molecular weight is 265 g/mol. The predicted octanol–water partition coefficient (Wildman–Crippen LogP) is 1.92. The van der Waals surface area contributed by atoms with Gasteiger partial charge in [-0.05, 0) is 32.0 Å². The summed E-state index contributed by atoms with van der Waals surface area (Å²) in [5, 5.41) is 9.49. The van der Waals surface area contributed by atoms with Gasteiger partial charge >= 0.3 is 5.97 Å². The number of hydrogen-bond donors (Lipinski definition) is 1. The van der Waals surface area contributed by atoms with Crippen LogP contribution in [0.25, 0.3) is 0 Å². The second-order valence-electron chi connectivity index (χ2n) is 4.75. The number of likely N-dealkylation sites (N-methyl/N-ethyl adjacent to an activating group) is 1. The second-order valence-corrected chi connectivity index (χ2v) is 4.75. The van der Waals surface area contributed by atoms with E-state index in [0.29, 0.717) is 23.1 Å². The van der Waals surface area contributed by atoms with Gasteiger partial charge in [-0.15, -0.1) is 0 Å². The van der Waals surface area contributed by atoms with Gasteiger partial charge in [0.25, 0.3) is 0 Å². The largest absolute Gasteiger partial charge is 0.497 e. The van der Waals surface area contributed by atoms with Crippen molar-refractivity contribution in [2.45, 2.75) is 24.9 Å². The number of aliphatic carboxylic acids is 1. The van der Waals surface area contributed by atoms with Crippen LogP contribution in [0.3, 0.4) is 0 Å². The Balaban J connectivity index is 2.37. The monoisotopic (exact) mass is 265 g/mol. The summed E-state index contributed by atoms with van der Waals surface area (Å²) in [5.41, 5.74) is 0.658. The summed E-state index contributed by atoms with van der Waals surface area (Å²) in [6, 6.07) is 4.90. The van der Waals surface area contributed by atoms with E-state index in [1.807, 2.05) is 11.9 Å². The fourth-order valence-electron chi connectivity index (χ4n) is 2.26. The fourth-order valence-corrected chi connectivity index (χ4v) is 2.26. The van der Waals surface area contributed by atoms with E-state index in [1.54, 1.807) is 25.3 Å². The van der Waals surface area contributed by atoms with Crippen molar-refractivity contribution in [2.24, 2.45) is 0 Å². The molecule has 1 aromatic rings. The minimum atomic E-state index is -0.863. The lowest BCUT2D eigenvalue weighted by molar-refractivity contribution is -0.143. The molecule has 1 aromatic carbocycles. The lowest BCUT2D eigenvalue weighted by Crippen LogP contribution is -2.32. The van der Waals surface area contributed by atoms with Gasteiger partial charge in [-0.1, -0.05) is 0 Å². The molecule has 0 bridgehead atoms. The first-order valence-corrected chi connectivity index (χ1v) is 6.25. The van der Waals surface area contributed by atoms with E-state index in [0.717, 1.165) is 12.8 Å². The molecule has 1 aliphatic carbocycles. The van der Waals surface area contributed by atoms with Crippen LogP contribution in [0.1, 0.15) is 24.4 Å². The van der Waals surface area contributed by atoms with Crippen LogP contribution in [0, 0.1) is 0 Å². The number of benzene rings is 1. The number of carboxylic acid groups (broad SMARTS) is 1. The molecule has 0 amide bonds. The van der Waals surface area contributed by atoms with Crippen molar-refractivity contribution in [3.8, 4) is 11.5 Å².